The summed E-state index contributed by atoms with van der Waals surface area (Å²) >= 11 is 0. The summed E-state index contributed by atoms with van der Waals surface area (Å²) in [6, 6.07) is 31.1. The highest BCUT2D eigenvalue weighted by molar-refractivity contribution is 5.85. The van der Waals surface area contributed by atoms with Gasteiger partial charge in [-0.25, -0.2) is 4.98 Å². The quantitative estimate of drug-likeness (QED) is 0.214. The number of hydrogen-bond acceptors (Lipinski definition) is 5. The maximum absolute atomic E-state index is 13.8. The normalized spacial score (nSPS) is 12.0. The minimum atomic E-state index is -0.134. The molecule has 0 aliphatic carbocycles. The third kappa shape index (κ3) is 5.09. The van der Waals surface area contributed by atoms with Crippen LogP contribution < -0.4 is 19.8 Å². The molecule has 6 heteroatoms. The first-order valence-electron chi connectivity index (χ1n) is 13.9. The van der Waals surface area contributed by atoms with Gasteiger partial charge in [0.15, 0.2) is 11.5 Å². The Labute approximate surface area is 248 Å². The predicted molar refractivity (Wildman–Crippen MR) is 170 cm³/mol. The molecule has 0 N–H and O–H groups in total. The Morgan fingerprint density at radius 3 is 2.44 bits per heavy atom. The van der Waals surface area contributed by atoms with E-state index in [0.717, 1.165) is 50.2 Å². The third-order valence-electron chi connectivity index (χ3n) is 7.46. The van der Waals surface area contributed by atoms with Gasteiger partial charge in [-0.1, -0.05) is 48.2 Å². The van der Waals surface area contributed by atoms with Gasteiger partial charge in [0, 0.05) is 11.1 Å². The SMILES string of the molecule is COc1ccc2cc(C#Cc3ccc(-n4c(/C=C/c5ccc6c(c5)OCO6)nc5ccccc5c4=O)c(C)c3)ccc2c1. The van der Waals surface area contributed by atoms with E-state index in [1.54, 1.807) is 17.7 Å². The van der Waals surface area contributed by atoms with Gasteiger partial charge in [0.1, 0.15) is 11.6 Å². The molecule has 0 bridgehead atoms. The second-order valence-corrected chi connectivity index (χ2v) is 10.3. The molecule has 0 atom stereocenters. The number of aryl methyl sites for hydroxylation is 1. The Hall–Kier alpha value is -5.80. The Morgan fingerprint density at radius 2 is 1.58 bits per heavy atom. The lowest BCUT2D eigenvalue weighted by molar-refractivity contribution is 0.174. The molecule has 208 valence electrons. The van der Waals surface area contributed by atoms with Crippen LogP contribution in [0, 0.1) is 18.8 Å². The molecule has 0 saturated heterocycles. The Morgan fingerprint density at radius 1 is 0.814 bits per heavy atom. The maximum atomic E-state index is 13.8. The van der Waals surface area contributed by atoms with Crippen molar-refractivity contribution in [3.63, 3.8) is 0 Å². The molecule has 0 radical (unpaired) electrons. The monoisotopic (exact) mass is 562 g/mol. The second kappa shape index (κ2) is 10.9. The molecular formula is C37H26N2O4. The van der Waals surface area contributed by atoms with Crippen LogP contribution in [0.1, 0.15) is 28.1 Å². The highest BCUT2D eigenvalue weighted by Gasteiger charge is 2.15. The molecule has 43 heavy (non-hydrogen) atoms. The summed E-state index contributed by atoms with van der Waals surface area (Å²) in [5.74, 6) is 9.33. The minimum Gasteiger partial charge on any atom is -0.497 e. The first-order chi connectivity index (χ1) is 21.1. The number of methoxy groups -OCH3 is 1. The van der Waals surface area contributed by atoms with E-state index in [9.17, 15) is 4.79 Å². The van der Waals surface area contributed by atoms with E-state index in [2.05, 4.69) is 17.9 Å². The topological polar surface area (TPSA) is 62.6 Å². The fourth-order valence-corrected chi connectivity index (χ4v) is 5.24. The lowest BCUT2D eigenvalue weighted by Crippen LogP contribution is -2.23. The van der Waals surface area contributed by atoms with E-state index in [1.807, 2.05) is 104 Å². The first kappa shape index (κ1) is 26.1. The number of ether oxygens (including phenoxy) is 3. The standard InChI is InChI=1S/C37H26N2O4/c1-24-19-25(7-8-26-9-13-29-22-30(41-2)15-14-28(29)20-26)10-16-33(24)39-36(38-32-6-4-3-5-31(32)37(39)40)18-12-27-11-17-34-35(21-27)43-23-42-34/h3-6,9-22H,23H2,1-2H3/b18-12+. The summed E-state index contributed by atoms with van der Waals surface area (Å²) in [7, 11) is 1.67. The van der Waals surface area contributed by atoms with E-state index in [-0.39, 0.29) is 12.4 Å². The van der Waals surface area contributed by atoms with Crippen molar-refractivity contribution in [3.8, 4) is 34.8 Å². The van der Waals surface area contributed by atoms with Gasteiger partial charge in [0.25, 0.3) is 5.56 Å². The van der Waals surface area contributed by atoms with Crippen LogP contribution in [-0.4, -0.2) is 23.5 Å². The summed E-state index contributed by atoms with van der Waals surface area (Å²) in [6.07, 6.45) is 3.78. The maximum Gasteiger partial charge on any atom is 0.266 e. The molecule has 6 aromatic rings. The van der Waals surface area contributed by atoms with Gasteiger partial charge in [-0.05, 0) is 102 Å². The number of rotatable bonds is 4. The zero-order valence-corrected chi connectivity index (χ0v) is 23.6. The van der Waals surface area contributed by atoms with Gasteiger partial charge in [-0.15, -0.1) is 0 Å². The molecule has 0 saturated carbocycles. The average molecular weight is 563 g/mol. The van der Waals surface area contributed by atoms with Crippen LogP contribution in [-0.2, 0) is 0 Å². The van der Waals surface area contributed by atoms with Crippen LogP contribution in [0.4, 0.5) is 0 Å². The number of aromatic nitrogens is 2. The van der Waals surface area contributed by atoms with E-state index in [0.29, 0.717) is 22.5 Å². The van der Waals surface area contributed by atoms with E-state index in [1.165, 1.54) is 0 Å². The molecule has 0 amide bonds. The van der Waals surface area contributed by atoms with Crippen molar-refractivity contribution in [1.82, 2.24) is 9.55 Å². The lowest BCUT2D eigenvalue weighted by atomic mass is 10.1. The van der Waals surface area contributed by atoms with Crippen molar-refractivity contribution in [1.29, 1.82) is 0 Å². The van der Waals surface area contributed by atoms with Crippen molar-refractivity contribution in [2.24, 2.45) is 0 Å². The van der Waals surface area contributed by atoms with Gasteiger partial charge in [-0.2, -0.15) is 0 Å². The van der Waals surface area contributed by atoms with Crippen LogP contribution in [0.25, 0.3) is 39.5 Å². The summed E-state index contributed by atoms with van der Waals surface area (Å²) in [5, 5.41) is 2.76. The lowest BCUT2D eigenvalue weighted by Gasteiger charge is -2.14. The summed E-state index contributed by atoms with van der Waals surface area (Å²) < 4.78 is 17.9. The molecule has 1 aromatic heterocycles. The fraction of sp³-hybridized carbons (Fsp3) is 0.0811. The third-order valence-corrected chi connectivity index (χ3v) is 7.46. The Balaban J connectivity index is 1.25. The zero-order valence-electron chi connectivity index (χ0n) is 23.6. The van der Waals surface area contributed by atoms with Crippen molar-refractivity contribution in [3.05, 3.63) is 135 Å². The predicted octanol–water partition coefficient (Wildman–Crippen LogP) is 7.15. The van der Waals surface area contributed by atoms with E-state index < -0.39 is 0 Å². The Kier molecular flexibility index (Phi) is 6.61. The highest BCUT2D eigenvalue weighted by Crippen LogP contribution is 2.33. The molecular weight excluding hydrogens is 536 g/mol. The Bertz CT molecular complexity index is 2200. The van der Waals surface area contributed by atoms with Crippen LogP contribution in [0.2, 0.25) is 0 Å². The van der Waals surface area contributed by atoms with Crippen molar-refractivity contribution in [2.45, 2.75) is 6.92 Å². The fourth-order valence-electron chi connectivity index (χ4n) is 5.24. The molecule has 5 aromatic carbocycles. The van der Waals surface area contributed by atoms with Gasteiger partial charge in [0.2, 0.25) is 6.79 Å². The van der Waals surface area contributed by atoms with Crippen molar-refractivity contribution < 1.29 is 14.2 Å². The van der Waals surface area contributed by atoms with Gasteiger partial charge < -0.3 is 14.2 Å². The zero-order chi connectivity index (χ0) is 29.3. The van der Waals surface area contributed by atoms with Gasteiger partial charge in [-0.3, -0.25) is 9.36 Å². The molecule has 2 heterocycles. The molecule has 0 spiro atoms. The first-order valence-corrected chi connectivity index (χ1v) is 13.9. The molecule has 0 fully saturated rings. The smallest absolute Gasteiger partial charge is 0.266 e. The van der Waals surface area contributed by atoms with Crippen molar-refractivity contribution in [2.75, 3.05) is 13.9 Å². The molecule has 1 aliphatic heterocycles. The average Bonchev–Trinajstić information content (AvgIpc) is 3.51. The van der Waals surface area contributed by atoms with Crippen LogP contribution in [0.3, 0.4) is 0 Å². The minimum absolute atomic E-state index is 0.134. The van der Waals surface area contributed by atoms with Gasteiger partial charge >= 0.3 is 0 Å². The van der Waals surface area contributed by atoms with Crippen LogP contribution >= 0.6 is 0 Å². The largest absolute Gasteiger partial charge is 0.497 e. The summed E-state index contributed by atoms with van der Waals surface area (Å²) in [4.78, 5) is 18.7. The molecule has 1 aliphatic rings. The molecule has 6 nitrogen and oxygen atoms in total. The second-order valence-electron chi connectivity index (χ2n) is 10.3. The van der Waals surface area contributed by atoms with Crippen LogP contribution in [0.15, 0.2) is 102 Å². The number of hydrogen-bond donors (Lipinski definition) is 0. The highest BCUT2D eigenvalue weighted by atomic mass is 16.7. The van der Waals surface area contributed by atoms with Gasteiger partial charge in [0.05, 0.1) is 23.7 Å². The summed E-state index contributed by atoms with van der Waals surface area (Å²) in [6.45, 7) is 2.20. The number of nitrogens with zero attached hydrogens (tertiary/aromatic N) is 2. The van der Waals surface area contributed by atoms with E-state index in [4.69, 9.17) is 19.2 Å². The van der Waals surface area contributed by atoms with Crippen molar-refractivity contribution >= 4 is 33.8 Å². The molecule has 7 rings (SSSR count). The van der Waals surface area contributed by atoms with E-state index >= 15 is 0 Å². The number of para-hydroxylation sites is 1. The van der Waals surface area contributed by atoms with Crippen LogP contribution in [0.5, 0.6) is 17.2 Å². The number of benzene rings is 5. The molecule has 0 unspecified atom stereocenters. The number of fused-ring (bicyclic) bond motifs is 3. The summed E-state index contributed by atoms with van der Waals surface area (Å²) in [5.41, 5.74) is 4.86.